The fraction of sp³-hybridized carbons (Fsp3) is 0.571. The maximum absolute atomic E-state index is 12.2. The van der Waals surface area contributed by atoms with E-state index in [1.54, 1.807) is 25.2 Å². The molecule has 1 aromatic rings. The lowest BCUT2D eigenvalue weighted by Crippen LogP contribution is -2.57. The summed E-state index contributed by atoms with van der Waals surface area (Å²) in [6, 6.07) is 3.53. The molecule has 0 spiro atoms. The number of rotatable bonds is 6. The first-order valence-corrected chi connectivity index (χ1v) is 7.65. The summed E-state index contributed by atoms with van der Waals surface area (Å²) in [5, 5.41) is 10.3. The van der Waals surface area contributed by atoms with Crippen molar-refractivity contribution in [1.82, 2.24) is 16.0 Å². The highest BCUT2D eigenvalue weighted by atomic mass is 32.1. The van der Waals surface area contributed by atoms with E-state index < -0.39 is 5.54 Å². The molecule has 0 aromatic carbocycles. The van der Waals surface area contributed by atoms with Crippen LogP contribution in [0.3, 0.4) is 0 Å². The van der Waals surface area contributed by atoms with Gasteiger partial charge in [0.2, 0.25) is 5.91 Å². The minimum absolute atomic E-state index is 0.0673. The van der Waals surface area contributed by atoms with Gasteiger partial charge in [0, 0.05) is 11.4 Å². The minimum Gasteiger partial charge on any atom is -0.347 e. The summed E-state index contributed by atoms with van der Waals surface area (Å²) >= 11 is 1.59. The maximum Gasteiger partial charge on any atom is 0.315 e. The second-order valence-electron chi connectivity index (χ2n) is 5.22. The molecule has 1 heterocycles. The van der Waals surface area contributed by atoms with Crippen LogP contribution in [-0.4, -0.2) is 24.0 Å². The number of hydrogen-bond acceptors (Lipinski definition) is 3. The van der Waals surface area contributed by atoms with E-state index in [9.17, 15) is 9.59 Å². The van der Waals surface area contributed by atoms with Crippen LogP contribution in [0.2, 0.25) is 0 Å². The molecular weight excluding hydrogens is 274 g/mol. The highest BCUT2D eigenvalue weighted by Crippen LogP contribution is 2.19. The van der Waals surface area contributed by atoms with E-state index in [0.717, 1.165) is 11.3 Å². The van der Waals surface area contributed by atoms with Gasteiger partial charge in [-0.15, -0.1) is 11.3 Å². The number of hydrogen-bond donors (Lipinski definition) is 3. The zero-order chi connectivity index (χ0) is 15.2. The zero-order valence-electron chi connectivity index (χ0n) is 12.4. The van der Waals surface area contributed by atoms with Gasteiger partial charge in [0.1, 0.15) is 5.54 Å². The molecule has 20 heavy (non-hydrogen) atoms. The first-order valence-electron chi connectivity index (χ1n) is 6.77. The number of urea groups is 1. The van der Waals surface area contributed by atoms with Crippen molar-refractivity contribution in [2.75, 3.05) is 6.54 Å². The Morgan fingerprint density at radius 2 is 2.10 bits per heavy atom. The van der Waals surface area contributed by atoms with Crippen molar-refractivity contribution >= 4 is 23.3 Å². The molecule has 0 radical (unpaired) electrons. The van der Waals surface area contributed by atoms with Crippen molar-refractivity contribution in [3.05, 3.63) is 22.4 Å². The van der Waals surface area contributed by atoms with Crippen LogP contribution in [0.15, 0.2) is 17.5 Å². The summed E-state index contributed by atoms with van der Waals surface area (Å²) in [4.78, 5) is 25.0. The summed E-state index contributed by atoms with van der Waals surface area (Å²) in [5.74, 6) is -0.204. The van der Waals surface area contributed by atoms with Crippen LogP contribution in [0.5, 0.6) is 0 Å². The number of carbonyl (C=O) groups excluding carboxylic acids is 2. The first-order chi connectivity index (χ1) is 9.36. The lowest BCUT2D eigenvalue weighted by Gasteiger charge is -2.27. The maximum atomic E-state index is 12.2. The predicted molar refractivity (Wildman–Crippen MR) is 81.8 cm³/mol. The number of carbonyl (C=O) groups is 2. The fourth-order valence-corrected chi connectivity index (χ4v) is 2.34. The molecular formula is C14H23N3O2S. The molecule has 3 amide bonds. The van der Waals surface area contributed by atoms with E-state index in [1.165, 1.54) is 0 Å². The quantitative estimate of drug-likeness (QED) is 0.754. The van der Waals surface area contributed by atoms with E-state index in [2.05, 4.69) is 16.0 Å². The van der Waals surface area contributed by atoms with Gasteiger partial charge in [-0.2, -0.15) is 0 Å². The van der Waals surface area contributed by atoms with Crippen LogP contribution in [-0.2, 0) is 4.79 Å². The normalized spacial score (nSPS) is 12.6. The van der Waals surface area contributed by atoms with Gasteiger partial charge in [0.25, 0.3) is 0 Å². The Kier molecular flexibility index (Phi) is 6.01. The van der Waals surface area contributed by atoms with Crippen LogP contribution >= 0.6 is 11.3 Å². The average Bonchev–Trinajstić information content (AvgIpc) is 2.89. The van der Waals surface area contributed by atoms with E-state index in [4.69, 9.17) is 0 Å². The molecule has 1 aromatic heterocycles. The highest BCUT2D eigenvalue weighted by molar-refractivity contribution is 7.10. The molecule has 1 atom stereocenters. The molecule has 0 bridgehead atoms. The average molecular weight is 297 g/mol. The third-order valence-electron chi connectivity index (χ3n) is 2.85. The highest BCUT2D eigenvalue weighted by Gasteiger charge is 2.30. The van der Waals surface area contributed by atoms with E-state index in [0.29, 0.717) is 6.54 Å². The molecule has 112 valence electrons. The fourth-order valence-electron chi connectivity index (χ4n) is 1.61. The van der Waals surface area contributed by atoms with Gasteiger partial charge in [-0.3, -0.25) is 4.79 Å². The smallest absolute Gasteiger partial charge is 0.315 e. The summed E-state index contributed by atoms with van der Waals surface area (Å²) < 4.78 is 0. The van der Waals surface area contributed by atoms with E-state index >= 15 is 0 Å². The second-order valence-corrected chi connectivity index (χ2v) is 6.20. The Labute approximate surface area is 124 Å². The lowest BCUT2D eigenvalue weighted by atomic mass is 10.0. The van der Waals surface area contributed by atoms with E-state index in [1.807, 2.05) is 31.4 Å². The van der Waals surface area contributed by atoms with Gasteiger partial charge in [0.15, 0.2) is 0 Å². The molecule has 0 aliphatic rings. The van der Waals surface area contributed by atoms with Crippen molar-refractivity contribution in [1.29, 1.82) is 0 Å². The SMILES string of the molecule is CCCNC(=O)NC(C)(C)C(=O)NC(C)c1cccs1. The standard InChI is InChI=1S/C14H23N3O2S/c1-5-8-15-13(19)17-14(3,4)12(18)16-10(2)11-7-6-9-20-11/h6-7,9-10H,5,8H2,1-4H3,(H,16,18)(H2,15,17,19). The van der Waals surface area contributed by atoms with Crippen LogP contribution in [0.4, 0.5) is 4.79 Å². The number of amides is 3. The molecule has 0 fully saturated rings. The van der Waals surface area contributed by atoms with Crippen molar-refractivity contribution in [3.63, 3.8) is 0 Å². The Morgan fingerprint density at radius 3 is 2.65 bits per heavy atom. The topological polar surface area (TPSA) is 70.2 Å². The molecule has 1 unspecified atom stereocenters. The van der Waals surface area contributed by atoms with Crippen LogP contribution < -0.4 is 16.0 Å². The summed E-state index contributed by atoms with van der Waals surface area (Å²) in [5.41, 5.74) is -0.955. The molecule has 0 saturated heterocycles. The molecule has 6 heteroatoms. The first kappa shape index (κ1) is 16.5. The number of nitrogens with one attached hydrogen (secondary N) is 3. The summed E-state index contributed by atoms with van der Waals surface area (Å²) in [7, 11) is 0. The molecule has 3 N–H and O–H groups in total. The number of thiophene rings is 1. The van der Waals surface area contributed by atoms with Gasteiger partial charge >= 0.3 is 6.03 Å². The van der Waals surface area contributed by atoms with Gasteiger partial charge in [-0.25, -0.2) is 4.79 Å². The van der Waals surface area contributed by atoms with Crippen molar-refractivity contribution < 1.29 is 9.59 Å². The zero-order valence-corrected chi connectivity index (χ0v) is 13.3. The van der Waals surface area contributed by atoms with Gasteiger partial charge in [-0.05, 0) is 38.6 Å². The monoisotopic (exact) mass is 297 g/mol. The van der Waals surface area contributed by atoms with Crippen molar-refractivity contribution in [2.24, 2.45) is 0 Å². The van der Waals surface area contributed by atoms with Crippen LogP contribution in [0.25, 0.3) is 0 Å². The summed E-state index contributed by atoms with van der Waals surface area (Å²) in [6.07, 6.45) is 0.857. The van der Waals surface area contributed by atoms with Gasteiger partial charge < -0.3 is 16.0 Å². The van der Waals surface area contributed by atoms with Crippen molar-refractivity contribution in [3.8, 4) is 0 Å². The van der Waals surface area contributed by atoms with Gasteiger partial charge in [0.05, 0.1) is 6.04 Å². The Hall–Kier alpha value is -1.56. The Bertz CT molecular complexity index is 443. The Morgan fingerprint density at radius 1 is 1.40 bits per heavy atom. The molecule has 0 aliphatic heterocycles. The summed E-state index contributed by atoms with van der Waals surface area (Å²) in [6.45, 7) is 7.87. The van der Waals surface area contributed by atoms with Gasteiger partial charge in [-0.1, -0.05) is 13.0 Å². The van der Waals surface area contributed by atoms with Crippen molar-refractivity contribution in [2.45, 2.75) is 45.7 Å². The van der Waals surface area contributed by atoms with Crippen LogP contribution in [0, 0.1) is 0 Å². The van der Waals surface area contributed by atoms with E-state index in [-0.39, 0.29) is 18.0 Å². The minimum atomic E-state index is -0.955. The van der Waals surface area contributed by atoms with Crippen LogP contribution in [0.1, 0.15) is 45.0 Å². The molecule has 1 rings (SSSR count). The molecule has 0 aliphatic carbocycles. The Balaban J connectivity index is 2.53. The molecule has 0 saturated carbocycles. The predicted octanol–water partition coefficient (Wildman–Crippen LogP) is 2.41. The lowest BCUT2D eigenvalue weighted by molar-refractivity contribution is -0.126. The third-order valence-corrected chi connectivity index (χ3v) is 3.90. The largest absolute Gasteiger partial charge is 0.347 e. The second kappa shape index (κ2) is 7.28. The third kappa shape index (κ3) is 4.85. The molecule has 5 nitrogen and oxygen atoms in total.